The summed E-state index contributed by atoms with van der Waals surface area (Å²) in [4.78, 5) is 14.1. The fraction of sp³-hybridized carbons (Fsp3) is 0.462. The van der Waals surface area contributed by atoms with Gasteiger partial charge >= 0.3 is 0 Å². The van der Waals surface area contributed by atoms with E-state index < -0.39 is 0 Å². The van der Waals surface area contributed by atoms with E-state index in [2.05, 4.69) is 0 Å². The van der Waals surface area contributed by atoms with Crippen molar-refractivity contribution in [1.29, 1.82) is 0 Å². The summed E-state index contributed by atoms with van der Waals surface area (Å²) in [6, 6.07) is 5.46. The van der Waals surface area contributed by atoms with Crippen LogP contribution in [0.15, 0.2) is 18.2 Å². The van der Waals surface area contributed by atoms with Crippen molar-refractivity contribution in [3.8, 4) is 0 Å². The number of rotatable bonds is 2. The van der Waals surface area contributed by atoms with Gasteiger partial charge in [0.25, 0.3) is 5.91 Å². The first-order chi connectivity index (χ1) is 8.11. The van der Waals surface area contributed by atoms with Gasteiger partial charge in [0.2, 0.25) is 0 Å². The van der Waals surface area contributed by atoms with Crippen molar-refractivity contribution in [3.05, 3.63) is 34.3 Å². The third-order valence-corrected chi connectivity index (χ3v) is 3.73. The van der Waals surface area contributed by atoms with Crippen LogP contribution in [-0.4, -0.2) is 30.4 Å². The Hall–Kier alpha value is -1.06. The van der Waals surface area contributed by atoms with Crippen molar-refractivity contribution in [2.75, 3.05) is 19.6 Å². The van der Waals surface area contributed by atoms with Gasteiger partial charge < -0.3 is 10.6 Å². The standard InChI is InChI=1S/C13H17ClN2O/c1-9-2-3-11(6-12(9)14)13(17)16-5-4-10(7-15)8-16/h2-3,6,10H,4-5,7-8,15H2,1H3/t10-/m0/s1. The first-order valence-corrected chi connectivity index (χ1v) is 6.25. The number of carbonyl (C=O) groups excluding carboxylic acids is 1. The number of hydrogen-bond donors (Lipinski definition) is 1. The van der Waals surface area contributed by atoms with Crippen LogP contribution in [-0.2, 0) is 0 Å². The van der Waals surface area contributed by atoms with Gasteiger partial charge in [-0.3, -0.25) is 4.79 Å². The number of halogens is 1. The summed E-state index contributed by atoms with van der Waals surface area (Å²) < 4.78 is 0. The first kappa shape index (κ1) is 12.4. The molecule has 0 saturated carbocycles. The van der Waals surface area contributed by atoms with Gasteiger partial charge in [-0.05, 0) is 43.5 Å². The Labute approximate surface area is 107 Å². The highest BCUT2D eigenvalue weighted by atomic mass is 35.5. The molecular formula is C13H17ClN2O. The molecule has 1 aromatic rings. The van der Waals surface area contributed by atoms with E-state index >= 15 is 0 Å². The van der Waals surface area contributed by atoms with Gasteiger partial charge in [-0.25, -0.2) is 0 Å². The lowest BCUT2D eigenvalue weighted by atomic mass is 10.1. The largest absolute Gasteiger partial charge is 0.338 e. The van der Waals surface area contributed by atoms with Gasteiger partial charge in [0.15, 0.2) is 0 Å². The Bertz CT molecular complexity index is 433. The molecule has 1 amide bonds. The minimum absolute atomic E-state index is 0.0582. The van der Waals surface area contributed by atoms with E-state index in [0.29, 0.717) is 23.0 Å². The van der Waals surface area contributed by atoms with E-state index in [-0.39, 0.29) is 5.91 Å². The summed E-state index contributed by atoms with van der Waals surface area (Å²) in [7, 11) is 0. The number of hydrogen-bond acceptors (Lipinski definition) is 2. The third-order valence-electron chi connectivity index (χ3n) is 3.33. The van der Waals surface area contributed by atoms with E-state index in [1.54, 1.807) is 6.07 Å². The summed E-state index contributed by atoms with van der Waals surface area (Å²) in [6.07, 6.45) is 1.00. The fourth-order valence-electron chi connectivity index (χ4n) is 2.12. The van der Waals surface area contributed by atoms with Gasteiger partial charge in [0.05, 0.1) is 0 Å². The lowest BCUT2D eigenvalue weighted by molar-refractivity contribution is 0.0787. The molecule has 1 aliphatic heterocycles. The van der Waals surface area contributed by atoms with Crippen LogP contribution in [0.1, 0.15) is 22.3 Å². The maximum Gasteiger partial charge on any atom is 0.253 e. The molecule has 0 spiro atoms. The molecule has 17 heavy (non-hydrogen) atoms. The molecule has 0 unspecified atom stereocenters. The number of carbonyl (C=O) groups is 1. The molecule has 0 aliphatic carbocycles. The van der Waals surface area contributed by atoms with Gasteiger partial charge in [-0.2, -0.15) is 0 Å². The normalized spacial score (nSPS) is 19.7. The number of nitrogens with zero attached hydrogens (tertiary/aromatic N) is 1. The molecule has 4 heteroatoms. The van der Waals surface area contributed by atoms with Gasteiger partial charge in [0.1, 0.15) is 0 Å². The Morgan fingerprint density at radius 3 is 2.94 bits per heavy atom. The summed E-state index contributed by atoms with van der Waals surface area (Å²) in [5.41, 5.74) is 7.28. The van der Waals surface area contributed by atoms with Crippen LogP contribution in [0.4, 0.5) is 0 Å². The van der Waals surface area contributed by atoms with Crippen LogP contribution in [0.5, 0.6) is 0 Å². The smallest absolute Gasteiger partial charge is 0.253 e. The lowest BCUT2D eigenvalue weighted by Gasteiger charge is -2.16. The van der Waals surface area contributed by atoms with Crippen LogP contribution in [0.25, 0.3) is 0 Å². The average Bonchev–Trinajstić information content (AvgIpc) is 2.80. The van der Waals surface area contributed by atoms with E-state index in [4.69, 9.17) is 17.3 Å². The number of aryl methyl sites for hydroxylation is 1. The summed E-state index contributed by atoms with van der Waals surface area (Å²) >= 11 is 6.03. The number of likely N-dealkylation sites (tertiary alicyclic amines) is 1. The molecule has 1 saturated heterocycles. The molecule has 1 heterocycles. The molecule has 1 aromatic carbocycles. The maximum absolute atomic E-state index is 12.2. The Morgan fingerprint density at radius 1 is 1.59 bits per heavy atom. The summed E-state index contributed by atoms with van der Waals surface area (Å²) in [5, 5.41) is 0.644. The van der Waals surface area contributed by atoms with Gasteiger partial charge in [-0.15, -0.1) is 0 Å². The maximum atomic E-state index is 12.2. The molecule has 3 nitrogen and oxygen atoms in total. The van der Waals surface area contributed by atoms with Crippen molar-refractivity contribution in [1.82, 2.24) is 4.90 Å². The molecule has 1 fully saturated rings. The van der Waals surface area contributed by atoms with Crippen LogP contribution in [0.3, 0.4) is 0 Å². The highest BCUT2D eigenvalue weighted by Gasteiger charge is 2.26. The number of amides is 1. The molecule has 2 rings (SSSR count). The minimum Gasteiger partial charge on any atom is -0.338 e. The monoisotopic (exact) mass is 252 g/mol. The molecule has 2 N–H and O–H groups in total. The second kappa shape index (κ2) is 5.07. The number of benzene rings is 1. The molecule has 1 atom stereocenters. The summed E-state index contributed by atoms with van der Waals surface area (Å²) in [5.74, 6) is 0.503. The highest BCUT2D eigenvalue weighted by Crippen LogP contribution is 2.21. The molecule has 0 radical (unpaired) electrons. The van der Waals surface area contributed by atoms with Crippen LogP contribution < -0.4 is 5.73 Å². The molecule has 0 bridgehead atoms. The van der Waals surface area contributed by atoms with Gasteiger partial charge in [0, 0.05) is 23.7 Å². The van der Waals surface area contributed by atoms with E-state index in [1.807, 2.05) is 24.0 Å². The zero-order chi connectivity index (χ0) is 12.4. The average molecular weight is 253 g/mol. The van der Waals surface area contributed by atoms with Crippen LogP contribution in [0.2, 0.25) is 5.02 Å². The Balaban J connectivity index is 2.12. The van der Waals surface area contributed by atoms with Crippen molar-refractivity contribution < 1.29 is 4.79 Å². The number of nitrogens with two attached hydrogens (primary N) is 1. The van der Waals surface area contributed by atoms with Crippen LogP contribution >= 0.6 is 11.6 Å². The SMILES string of the molecule is Cc1ccc(C(=O)N2CC[C@@H](CN)C2)cc1Cl. The van der Waals surface area contributed by atoms with E-state index in [0.717, 1.165) is 25.1 Å². The minimum atomic E-state index is 0.0582. The zero-order valence-corrected chi connectivity index (χ0v) is 10.7. The third kappa shape index (κ3) is 2.61. The topological polar surface area (TPSA) is 46.3 Å². The quantitative estimate of drug-likeness (QED) is 0.876. The van der Waals surface area contributed by atoms with Crippen molar-refractivity contribution in [2.24, 2.45) is 11.7 Å². The highest BCUT2D eigenvalue weighted by molar-refractivity contribution is 6.31. The van der Waals surface area contributed by atoms with E-state index in [9.17, 15) is 4.79 Å². The summed E-state index contributed by atoms with van der Waals surface area (Å²) in [6.45, 7) is 4.14. The second-order valence-corrected chi connectivity index (χ2v) is 5.01. The fourth-order valence-corrected chi connectivity index (χ4v) is 2.30. The predicted molar refractivity (Wildman–Crippen MR) is 69.3 cm³/mol. The molecule has 1 aliphatic rings. The zero-order valence-electron chi connectivity index (χ0n) is 9.95. The first-order valence-electron chi connectivity index (χ1n) is 5.87. The molecular weight excluding hydrogens is 236 g/mol. The second-order valence-electron chi connectivity index (χ2n) is 4.61. The van der Waals surface area contributed by atoms with Crippen molar-refractivity contribution in [2.45, 2.75) is 13.3 Å². The lowest BCUT2D eigenvalue weighted by Crippen LogP contribution is -2.29. The predicted octanol–water partition coefficient (Wildman–Crippen LogP) is 2.07. The Morgan fingerprint density at radius 2 is 2.35 bits per heavy atom. The van der Waals surface area contributed by atoms with Gasteiger partial charge in [-0.1, -0.05) is 17.7 Å². The van der Waals surface area contributed by atoms with E-state index in [1.165, 1.54) is 0 Å². The van der Waals surface area contributed by atoms with Crippen LogP contribution in [0, 0.1) is 12.8 Å². The van der Waals surface area contributed by atoms with Crippen molar-refractivity contribution in [3.63, 3.8) is 0 Å². The van der Waals surface area contributed by atoms with Crippen molar-refractivity contribution >= 4 is 17.5 Å². The molecule has 0 aromatic heterocycles. The molecule has 92 valence electrons. The Kier molecular flexibility index (Phi) is 3.69.